The number of carbonyl (C=O) groups excluding carboxylic acids is 1. The normalized spacial score (nSPS) is 9.13. The van der Waals surface area contributed by atoms with Crippen molar-refractivity contribution in [1.29, 1.82) is 5.26 Å². The van der Waals surface area contributed by atoms with Crippen LogP contribution in [0.4, 0.5) is 5.69 Å². The van der Waals surface area contributed by atoms with E-state index in [0.717, 1.165) is 9.32 Å². The minimum absolute atomic E-state index is 0.137. The Balaban J connectivity index is 2.79. The molecule has 1 aromatic rings. The van der Waals surface area contributed by atoms with Crippen molar-refractivity contribution in [3.8, 4) is 11.8 Å². The van der Waals surface area contributed by atoms with Gasteiger partial charge in [-0.2, -0.15) is 5.26 Å². The van der Waals surface area contributed by atoms with Crippen molar-refractivity contribution in [3.63, 3.8) is 0 Å². The van der Waals surface area contributed by atoms with Gasteiger partial charge in [0.05, 0.1) is 18.9 Å². The number of halogens is 1. The number of nitrogens with one attached hydrogen (secondary N) is 1. The van der Waals surface area contributed by atoms with Gasteiger partial charge >= 0.3 is 0 Å². The summed E-state index contributed by atoms with van der Waals surface area (Å²) in [7, 11) is 1.58. The number of rotatable bonds is 3. The quantitative estimate of drug-likeness (QED) is 0.869. The standard InChI is InChI=1S/C10H9IN2O2/c1-15-7-2-3-9(8(11)6-7)13-10(14)4-5-12/h2-3,6H,4H2,1H3,(H,13,14). The molecular formula is C10H9IN2O2. The number of amides is 1. The predicted molar refractivity (Wildman–Crippen MR) is 64.6 cm³/mol. The van der Waals surface area contributed by atoms with Crippen LogP contribution in [0, 0.1) is 14.9 Å². The van der Waals surface area contributed by atoms with Gasteiger partial charge in [-0.05, 0) is 40.8 Å². The first-order valence-corrected chi connectivity index (χ1v) is 5.25. The molecule has 0 radical (unpaired) electrons. The Labute approximate surface area is 101 Å². The number of methoxy groups -OCH3 is 1. The van der Waals surface area contributed by atoms with E-state index in [1.807, 2.05) is 6.07 Å². The van der Waals surface area contributed by atoms with Gasteiger partial charge < -0.3 is 10.1 Å². The van der Waals surface area contributed by atoms with Crippen molar-refractivity contribution in [2.45, 2.75) is 6.42 Å². The average molecular weight is 316 g/mol. The molecule has 78 valence electrons. The summed E-state index contributed by atoms with van der Waals surface area (Å²) in [5.41, 5.74) is 0.691. The van der Waals surface area contributed by atoms with Crippen molar-refractivity contribution in [3.05, 3.63) is 21.8 Å². The molecule has 15 heavy (non-hydrogen) atoms. The fourth-order valence-electron chi connectivity index (χ4n) is 0.990. The molecule has 1 aromatic carbocycles. The van der Waals surface area contributed by atoms with E-state index in [0.29, 0.717) is 5.69 Å². The Morgan fingerprint density at radius 3 is 2.93 bits per heavy atom. The van der Waals surface area contributed by atoms with Gasteiger partial charge in [-0.1, -0.05) is 0 Å². The summed E-state index contributed by atoms with van der Waals surface area (Å²) in [5.74, 6) is 0.429. The lowest BCUT2D eigenvalue weighted by Gasteiger charge is -2.07. The number of hydrogen-bond acceptors (Lipinski definition) is 3. The van der Waals surface area contributed by atoms with Crippen LogP contribution in [0.5, 0.6) is 5.75 Å². The van der Waals surface area contributed by atoms with Crippen molar-refractivity contribution >= 4 is 34.2 Å². The second kappa shape index (κ2) is 5.56. The van der Waals surface area contributed by atoms with Crippen LogP contribution < -0.4 is 10.1 Å². The fraction of sp³-hybridized carbons (Fsp3) is 0.200. The van der Waals surface area contributed by atoms with Gasteiger partial charge in [-0.15, -0.1) is 0 Å². The largest absolute Gasteiger partial charge is 0.497 e. The van der Waals surface area contributed by atoms with Crippen molar-refractivity contribution in [2.24, 2.45) is 0 Å². The number of ether oxygens (including phenoxy) is 1. The Bertz CT molecular complexity index is 412. The maximum absolute atomic E-state index is 11.2. The van der Waals surface area contributed by atoms with Crippen LogP contribution in [-0.2, 0) is 4.79 Å². The van der Waals surface area contributed by atoms with Crippen LogP contribution in [0.15, 0.2) is 18.2 Å². The van der Waals surface area contributed by atoms with E-state index in [9.17, 15) is 4.79 Å². The minimum atomic E-state index is -0.305. The lowest BCUT2D eigenvalue weighted by atomic mass is 10.3. The molecule has 1 rings (SSSR count). The third-order valence-electron chi connectivity index (χ3n) is 1.69. The third kappa shape index (κ3) is 3.40. The molecule has 0 bridgehead atoms. The van der Waals surface area contributed by atoms with Crippen molar-refractivity contribution < 1.29 is 9.53 Å². The molecule has 0 atom stereocenters. The average Bonchev–Trinajstić information content (AvgIpc) is 2.21. The van der Waals surface area contributed by atoms with E-state index in [-0.39, 0.29) is 12.3 Å². The molecule has 4 nitrogen and oxygen atoms in total. The molecule has 0 heterocycles. The molecule has 0 unspecified atom stereocenters. The summed E-state index contributed by atoms with van der Waals surface area (Å²) in [4.78, 5) is 11.2. The molecule has 0 saturated carbocycles. The van der Waals surface area contributed by atoms with Gasteiger partial charge in [-0.3, -0.25) is 4.79 Å². The first-order valence-electron chi connectivity index (χ1n) is 4.17. The van der Waals surface area contributed by atoms with Gasteiger partial charge in [0.2, 0.25) is 5.91 Å². The highest BCUT2D eigenvalue weighted by Gasteiger charge is 2.05. The first-order chi connectivity index (χ1) is 7.17. The highest BCUT2D eigenvalue weighted by atomic mass is 127. The Hall–Kier alpha value is -1.29. The van der Waals surface area contributed by atoms with Gasteiger partial charge in [0, 0.05) is 3.57 Å². The van der Waals surface area contributed by atoms with E-state index in [1.54, 1.807) is 25.3 Å². The summed E-state index contributed by atoms with van der Waals surface area (Å²) in [6.45, 7) is 0. The van der Waals surface area contributed by atoms with Gasteiger partial charge in [0.1, 0.15) is 12.2 Å². The molecule has 5 heteroatoms. The smallest absolute Gasteiger partial charge is 0.238 e. The number of nitriles is 1. The fourth-order valence-corrected chi connectivity index (χ4v) is 1.61. The van der Waals surface area contributed by atoms with E-state index in [1.165, 1.54) is 0 Å². The van der Waals surface area contributed by atoms with Crippen LogP contribution in [0.25, 0.3) is 0 Å². The molecule has 0 spiro atoms. The zero-order valence-electron chi connectivity index (χ0n) is 8.08. The SMILES string of the molecule is COc1ccc(NC(=O)CC#N)c(I)c1. The van der Waals surface area contributed by atoms with E-state index in [4.69, 9.17) is 10.00 Å². The number of anilines is 1. The topological polar surface area (TPSA) is 62.1 Å². The molecule has 1 amide bonds. The highest BCUT2D eigenvalue weighted by Crippen LogP contribution is 2.23. The van der Waals surface area contributed by atoms with Crippen molar-refractivity contribution in [2.75, 3.05) is 12.4 Å². The van der Waals surface area contributed by atoms with Crippen molar-refractivity contribution in [1.82, 2.24) is 0 Å². The first kappa shape index (κ1) is 11.8. The number of hydrogen-bond donors (Lipinski definition) is 1. The van der Waals surface area contributed by atoms with Crippen LogP contribution in [0.2, 0.25) is 0 Å². The summed E-state index contributed by atoms with van der Waals surface area (Å²) >= 11 is 2.09. The number of nitrogens with zero attached hydrogens (tertiary/aromatic N) is 1. The summed E-state index contributed by atoms with van der Waals surface area (Å²) in [6.07, 6.45) is -0.137. The van der Waals surface area contributed by atoms with Crippen LogP contribution in [0.3, 0.4) is 0 Å². The summed E-state index contributed by atoms with van der Waals surface area (Å²) in [6, 6.07) is 7.10. The third-order valence-corrected chi connectivity index (χ3v) is 2.58. The minimum Gasteiger partial charge on any atom is -0.497 e. The second-order valence-corrected chi connectivity index (χ2v) is 3.89. The number of benzene rings is 1. The van der Waals surface area contributed by atoms with Crippen LogP contribution >= 0.6 is 22.6 Å². The van der Waals surface area contributed by atoms with E-state index in [2.05, 4.69) is 27.9 Å². The molecular weight excluding hydrogens is 307 g/mol. The zero-order valence-corrected chi connectivity index (χ0v) is 10.2. The van der Waals surface area contributed by atoms with Crippen LogP contribution in [0.1, 0.15) is 6.42 Å². The lowest BCUT2D eigenvalue weighted by Crippen LogP contribution is -2.11. The highest BCUT2D eigenvalue weighted by molar-refractivity contribution is 14.1. The Morgan fingerprint density at radius 1 is 1.67 bits per heavy atom. The summed E-state index contributed by atoms with van der Waals surface area (Å²) in [5, 5.41) is 11.0. The zero-order chi connectivity index (χ0) is 11.3. The van der Waals surface area contributed by atoms with Gasteiger partial charge in [0.25, 0.3) is 0 Å². The maximum atomic E-state index is 11.2. The van der Waals surface area contributed by atoms with E-state index >= 15 is 0 Å². The molecule has 1 N–H and O–H groups in total. The molecule has 0 aromatic heterocycles. The second-order valence-electron chi connectivity index (χ2n) is 2.73. The molecule has 0 aliphatic carbocycles. The molecule has 0 aliphatic rings. The summed E-state index contributed by atoms with van der Waals surface area (Å²) < 4.78 is 5.91. The predicted octanol–water partition coefficient (Wildman–Crippen LogP) is 2.15. The molecule has 0 saturated heterocycles. The maximum Gasteiger partial charge on any atom is 0.238 e. The molecule has 0 aliphatic heterocycles. The molecule has 0 fully saturated rings. The Kier molecular flexibility index (Phi) is 4.37. The number of carbonyl (C=O) groups is 1. The van der Waals surface area contributed by atoms with Gasteiger partial charge in [-0.25, -0.2) is 0 Å². The Morgan fingerprint density at radius 2 is 2.40 bits per heavy atom. The van der Waals surface area contributed by atoms with E-state index < -0.39 is 0 Å². The monoisotopic (exact) mass is 316 g/mol. The van der Waals surface area contributed by atoms with Gasteiger partial charge in [0.15, 0.2) is 0 Å². The lowest BCUT2D eigenvalue weighted by molar-refractivity contribution is -0.115. The van der Waals surface area contributed by atoms with Crippen LogP contribution in [-0.4, -0.2) is 13.0 Å².